The minimum atomic E-state index is -0.767. The van der Waals surface area contributed by atoms with Gasteiger partial charge in [0, 0.05) is 0 Å². The lowest BCUT2D eigenvalue weighted by Gasteiger charge is -2.28. The average molecular weight is 404 g/mol. The molecular formula is C23H24N4O3. The Labute approximate surface area is 173 Å². The zero-order chi connectivity index (χ0) is 21.1. The second-order valence-corrected chi connectivity index (χ2v) is 7.59. The van der Waals surface area contributed by atoms with Crippen LogP contribution in [0.3, 0.4) is 0 Å². The number of hydrogen-bond donors (Lipinski definition) is 4. The molecule has 3 aromatic rings. The highest BCUT2D eigenvalue weighted by atomic mass is 16.2. The minimum absolute atomic E-state index is 0.194. The summed E-state index contributed by atoms with van der Waals surface area (Å²) in [5, 5.41) is 2.95. The largest absolute Gasteiger partial charge is 0.392 e. The molecule has 0 fully saturated rings. The van der Waals surface area contributed by atoms with E-state index in [1.165, 1.54) is 16.7 Å². The van der Waals surface area contributed by atoms with Gasteiger partial charge in [-0.05, 0) is 54.4 Å². The first-order chi connectivity index (χ1) is 14.5. The third-order valence-corrected chi connectivity index (χ3v) is 5.64. The van der Waals surface area contributed by atoms with Crippen molar-refractivity contribution in [1.82, 2.24) is 15.3 Å². The Morgan fingerprint density at radius 2 is 1.83 bits per heavy atom. The van der Waals surface area contributed by atoms with Gasteiger partial charge in [0.1, 0.15) is 11.4 Å². The maximum absolute atomic E-state index is 12.7. The van der Waals surface area contributed by atoms with Crippen molar-refractivity contribution in [3.05, 3.63) is 97.3 Å². The number of hydrogen-bond acceptors (Lipinski definition) is 4. The lowest BCUT2D eigenvalue weighted by molar-refractivity contribution is 0.0928. The smallest absolute Gasteiger partial charge is 0.326 e. The van der Waals surface area contributed by atoms with E-state index >= 15 is 0 Å². The second-order valence-electron chi connectivity index (χ2n) is 7.59. The van der Waals surface area contributed by atoms with Gasteiger partial charge in [-0.1, -0.05) is 48.5 Å². The molecule has 154 valence electrons. The van der Waals surface area contributed by atoms with Crippen LogP contribution in [0.1, 0.15) is 51.6 Å². The molecule has 7 nitrogen and oxygen atoms in total. The van der Waals surface area contributed by atoms with Crippen molar-refractivity contribution in [2.24, 2.45) is 0 Å². The Balaban J connectivity index is 1.56. The van der Waals surface area contributed by atoms with Gasteiger partial charge in [0.2, 0.25) is 0 Å². The molecule has 1 aliphatic rings. The summed E-state index contributed by atoms with van der Waals surface area (Å²) in [6.45, 7) is 0. The Kier molecular flexibility index (Phi) is 5.52. The molecule has 4 rings (SSSR count). The van der Waals surface area contributed by atoms with Crippen LogP contribution in [0.15, 0.2) is 58.1 Å². The normalized spacial score (nSPS) is 15.4. The van der Waals surface area contributed by atoms with E-state index < -0.39 is 17.2 Å². The average Bonchev–Trinajstić information content (AvgIpc) is 2.75. The van der Waals surface area contributed by atoms with Gasteiger partial charge < -0.3 is 16.0 Å². The molecule has 0 aliphatic heterocycles. The number of aromatic nitrogens is 2. The van der Waals surface area contributed by atoms with E-state index in [2.05, 4.69) is 28.5 Å². The third kappa shape index (κ3) is 4.05. The molecule has 1 heterocycles. The number of rotatable bonds is 5. The highest BCUT2D eigenvalue weighted by molar-refractivity contribution is 5.97. The zero-order valence-corrected chi connectivity index (χ0v) is 16.5. The summed E-state index contributed by atoms with van der Waals surface area (Å²) in [6.07, 6.45) is 4.59. The third-order valence-electron chi connectivity index (χ3n) is 5.64. The van der Waals surface area contributed by atoms with Gasteiger partial charge in [-0.2, -0.15) is 0 Å². The molecule has 2 aromatic carbocycles. The number of nitrogens with one attached hydrogen (secondary N) is 3. The Morgan fingerprint density at radius 3 is 2.63 bits per heavy atom. The van der Waals surface area contributed by atoms with Crippen LogP contribution >= 0.6 is 0 Å². The molecule has 0 bridgehead atoms. The van der Waals surface area contributed by atoms with Crippen LogP contribution in [0.25, 0.3) is 0 Å². The Hall–Kier alpha value is -3.61. The van der Waals surface area contributed by atoms with Crippen LogP contribution in [-0.4, -0.2) is 15.9 Å². The summed E-state index contributed by atoms with van der Waals surface area (Å²) >= 11 is 0. The van der Waals surface area contributed by atoms with Crippen LogP contribution in [0.2, 0.25) is 0 Å². The number of aromatic amines is 2. The predicted octanol–water partition coefficient (Wildman–Crippen LogP) is 2.24. The lowest BCUT2D eigenvalue weighted by Crippen LogP contribution is -2.36. The number of nitrogen functional groups attached to an aromatic ring is 1. The number of aryl methyl sites for hydroxylation is 2. The van der Waals surface area contributed by atoms with Crippen LogP contribution < -0.4 is 22.3 Å². The number of fused-ring (bicyclic) bond motifs is 1. The number of carbonyl (C=O) groups excluding carboxylic acids is 1. The molecule has 0 unspecified atom stereocenters. The molecule has 7 heteroatoms. The predicted molar refractivity (Wildman–Crippen MR) is 116 cm³/mol. The van der Waals surface area contributed by atoms with Gasteiger partial charge in [-0.3, -0.25) is 14.6 Å². The van der Waals surface area contributed by atoms with Gasteiger partial charge in [-0.25, -0.2) is 4.79 Å². The molecule has 0 saturated heterocycles. The van der Waals surface area contributed by atoms with Crippen molar-refractivity contribution in [3.8, 4) is 0 Å². The first-order valence-electron chi connectivity index (χ1n) is 10.1. The first kappa shape index (κ1) is 19.7. The number of amides is 1. The summed E-state index contributed by atoms with van der Waals surface area (Å²) in [5.41, 5.74) is 8.63. The van der Waals surface area contributed by atoms with Crippen molar-refractivity contribution in [2.45, 2.75) is 38.1 Å². The lowest BCUT2D eigenvalue weighted by atomic mass is 9.83. The topological polar surface area (TPSA) is 121 Å². The van der Waals surface area contributed by atoms with Crippen molar-refractivity contribution >= 4 is 11.6 Å². The van der Waals surface area contributed by atoms with Gasteiger partial charge in [0.05, 0.1) is 6.04 Å². The quantitative estimate of drug-likeness (QED) is 0.521. The molecule has 30 heavy (non-hydrogen) atoms. The molecule has 1 aromatic heterocycles. The second kappa shape index (κ2) is 8.41. The van der Waals surface area contributed by atoms with E-state index in [1.54, 1.807) is 0 Å². The summed E-state index contributed by atoms with van der Waals surface area (Å²) in [5.74, 6) is -0.553. The number of anilines is 1. The maximum atomic E-state index is 12.7. The SMILES string of the molecule is Nc1c(C(=O)N[C@@H]2CCCc3c(CCc4ccccc4)cccc32)[nH]c(=O)[nH]c1=O. The van der Waals surface area contributed by atoms with Gasteiger partial charge >= 0.3 is 5.69 Å². The summed E-state index contributed by atoms with van der Waals surface area (Å²) < 4.78 is 0. The van der Waals surface area contributed by atoms with E-state index in [0.29, 0.717) is 0 Å². The molecule has 0 radical (unpaired) electrons. The molecule has 1 amide bonds. The fourth-order valence-electron chi connectivity index (χ4n) is 4.14. The van der Waals surface area contributed by atoms with Crippen LogP contribution in [-0.2, 0) is 19.3 Å². The van der Waals surface area contributed by atoms with Crippen molar-refractivity contribution in [1.29, 1.82) is 0 Å². The molecule has 0 saturated carbocycles. The summed E-state index contributed by atoms with van der Waals surface area (Å²) in [7, 11) is 0. The molecule has 1 atom stereocenters. The van der Waals surface area contributed by atoms with E-state index in [9.17, 15) is 14.4 Å². The monoisotopic (exact) mass is 404 g/mol. The molecule has 5 N–H and O–H groups in total. The van der Waals surface area contributed by atoms with Crippen molar-refractivity contribution < 1.29 is 4.79 Å². The highest BCUT2D eigenvalue weighted by Gasteiger charge is 2.25. The zero-order valence-electron chi connectivity index (χ0n) is 16.5. The van der Waals surface area contributed by atoms with Crippen LogP contribution in [0, 0.1) is 0 Å². The molecule has 1 aliphatic carbocycles. The fraction of sp³-hybridized carbons (Fsp3) is 0.261. The van der Waals surface area contributed by atoms with Crippen molar-refractivity contribution in [3.63, 3.8) is 0 Å². The summed E-state index contributed by atoms with van der Waals surface area (Å²) in [4.78, 5) is 40.3. The van der Waals surface area contributed by atoms with Gasteiger partial charge in [0.15, 0.2) is 0 Å². The maximum Gasteiger partial charge on any atom is 0.326 e. The number of H-pyrrole nitrogens is 2. The summed E-state index contributed by atoms with van der Waals surface area (Å²) in [6, 6.07) is 16.4. The van der Waals surface area contributed by atoms with Gasteiger partial charge in [-0.15, -0.1) is 0 Å². The minimum Gasteiger partial charge on any atom is -0.392 e. The highest BCUT2D eigenvalue weighted by Crippen LogP contribution is 2.32. The number of carbonyl (C=O) groups is 1. The Morgan fingerprint density at radius 1 is 1.03 bits per heavy atom. The first-order valence-corrected chi connectivity index (χ1v) is 10.1. The van der Waals surface area contributed by atoms with Crippen molar-refractivity contribution in [2.75, 3.05) is 5.73 Å². The molecule has 0 spiro atoms. The van der Waals surface area contributed by atoms with E-state index in [4.69, 9.17) is 5.73 Å². The van der Waals surface area contributed by atoms with Gasteiger partial charge in [0.25, 0.3) is 11.5 Å². The fourth-order valence-corrected chi connectivity index (χ4v) is 4.14. The Bertz CT molecular complexity index is 1180. The van der Waals surface area contributed by atoms with E-state index in [-0.39, 0.29) is 17.4 Å². The number of nitrogens with two attached hydrogens (primary N) is 1. The van der Waals surface area contributed by atoms with Crippen LogP contribution in [0.4, 0.5) is 5.69 Å². The number of benzene rings is 2. The van der Waals surface area contributed by atoms with E-state index in [0.717, 1.165) is 37.7 Å². The van der Waals surface area contributed by atoms with Crippen LogP contribution in [0.5, 0.6) is 0 Å². The molecular weight excluding hydrogens is 380 g/mol. The van der Waals surface area contributed by atoms with E-state index in [1.807, 2.05) is 35.3 Å². The standard InChI is InChI=1S/C23H24N4O3/c24-19-20(26-23(30)27-21(19)28)22(29)25-18-11-5-9-16-15(8-4-10-17(16)18)13-12-14-6-2-1-3-7-14/h1-4,6-8,10,18H,5,9,11-13,24H2,(H,25,29)(H2,26,27,28,30)/t18-/m1/s1.